The van der Waals surface area contributed by atoms with Crippen molar-refractivity contribution in [3.05, 3.63) is 56.2 Å². The van der Waals surface area contributed by atoms with Crippen LogP contribution in [-0.2, 0) is 19.4 Å². The van der Waals surface area contributed by atoms with Gasteiger partial charge in [-0.25, -0.2) is 4.68 Å². The van der Waals surface area contributed by atoms with Gasteiger partial charge in [0.05, 0.1) is 16.5 Å². The van der Waals surface area contributed by atoms with Gasteiger partial charge >= 0.3 is 0 Å². The average molecular weight is 423 g/mol. The second-order valence-corrected chi connectivity index (χ2v) is 9.25. The zero-order chi connectivity index (χ0) is 20.8. The molecule has 8 heteroatoms. The molecule has 0 fully saturated rings. The minimum Gasteiger partial charge on any atom is -0.274 e. The van der Waals surface area contributed by atoms with E-state index in [0.29, 0.717) is 43.0 Å². The van der Waals surface area contributed by atoms with Gasteiger partial charge < -0.3 is 0 Å². The van der Waals surface area contributed by atoms with Crippen molar-refractivity contribution >= 4 is 33.4 Å². The van der Waals surface area contributed by atoms with E-state index in [1.54, 1.807) is 35.6 Å². The Morgan fingerprint density at radius 2 is 1.77 bits per heavy atom. The van der Waals surface area contributed by atoms with E-state index in [0.717, 1.165) is 35.0 Å². The lowest BCUT2D eigenvalue weighted by Gasteiger charge is -2.17. The van der Waals surface area contributed by atoms with Crippen LogP contribution in [0.4, 0.5) is 0 Å². The summed E-state index contributed by atoms with van der Waals surface area (Å²) in [6.45, 7) is 3.00. The summed E-state index contributed by atoms with van der Waals surface area (Å²) in [7, 11) is 0. The van der Waals surface area contributed by atoms with Crippen molar-refractivity contribution in [2.24, 2.45) is 5.92 Å². The van der Waals surface area contributed by atoms with Crippen LogP contribution < -0.4 is 5.56 Å². The lowest BCUT2D eigenvalue weighted by molar-refractivity contribution is 0.0651. The monoisotopic (exact) mass is 422 g/mol. The highest BCUT2D eigenvalue weighted by Gasteiger charge is 2.34. The molecular formula is C22H22N4O3S. The van der Waals surface area contributed by atoms with Gasteiger partial charge in [0.1, 0.15) is 0 Å². The van der Waals surface area contributed by atoms with E-state index in [9.17, 15) is 14.4 Å². The number of benzene rings is 1. The summed E-state index contributed by atoms with van der Waals surface area (Å²) in [5.74, 6) is 0.157. The third-order valence-electron chi connectivity index (χ3n) is 6.06. The van der Waals surface area contributed by atoms with Crippen LogP contribution in [0.2, 0.25) is 0 Å². The molecule has 1 aliphatic carbocycles. The number of nitrogens with zero attached hydrogens (tertiary/aromatic N) is 4. The summed E-state index contributed by atoms with van der Waals surface area (Å²) in [5.41, 5.74) is 2.01. The Balaban J connectivity index is 1.27. The van der Waals surface area contributed by atoms with Gasteiger partial charge in [-0.2, -0.15) is 0 Å². The predicted octanol–water partition coefficient (Wildman–Crippen LogP) is 3.05. The highest BCUT2D eigenvalue weighted by Crippen LogP contribution is 2.35. The highest BCUT2D eigenvalue weighted by atomic mass is 32.1. The fourth-order valence-corrected chi connectivity index (χ4v) is 5.73. The van der Waals surface area contributed by atoms with Gasteiger partial charge in [-0.15, -0.1) is 16.4 Å². The summed E-state index contributed by atoms with van der Waals surface area (Å²) in [6, 6.07) is 6.89. The van der Waals surface area contributed by atoms with E-state index >= 15 is 0 Å². The zero-order valence-corrected chi connectivity index (χ0v) is 17.6. The summed E-state index contributed by atoms with van der Waals surface area (Å²) in [6.07, 6.45) is 4.28. The molecule has 3 aromatic rings. The number of thiophene rings is 1. The van der Waals surface area contributed by atoms with Gasteiger partial charge in [0.2, 0.25) is 0 Å². The first-order valence-corrected chi connectivity index (χ1v) is 11.2. The number of hydrogen-bond donors (Lipinski definition) is 0. The predicted molar refractivity (Wildman–Crippen MR) is 114 cm³/mol. The molecule has 2 amide bonds. The molecule has 5 rings (SSSR count). The van der Waals surface area contributed by atoms with Crippen LogP contribution >= 0.6 is 11.3 Å². The molecule has 1 unspecified atom stereocenters. The fraction of sp³-hybridized carbons (Fsp3) is 0.409. The number of fused-ring (bicyclic) bond motifs is 4. The molecule has 0 saturated heterocycles. The third kappa shape index (κ3) is 3.06. The first-order chi connectivity index (χ1) is 14.5. The average Bonchev–Trinajstić information content (AvgIpc) is 3.23. The summed E-state index contributed by atoms with van der Waals surface area (Å²) in [5, 5.41) is 9.14. The lowest BCUT2D eigenvalue weighted by Crippen LogP contribution is -2.31. The molecule has 1 aromatic carbocycles. The van der Waals surface area contributed by atoms with Crippen molar-refractivity contribution in [3.8, 4) is 0 Å². The number of aryl methyl sites for hydroxylation is 2. The van der Waals surface area contributed by atoms with Crippen LogP contribution in [0.1, 0.15) is 57.3 Å². The Morgan fingerprint density at radius 3 is 2.50 bits per heavy atom. The number of aromatic nitrogens is 3. The third-order valence-corrected chi connectivity index (χ3v) is 7.20. The second kappa shape index (κ2) is 7.43. The second-order valence-electron chi connectivity index (χ2n) is 8.16. The quantitative estimate of drug-likeness (QED) is 0.466. The van der Waals surface area contributed by atoms with E-state index < -0.39 is 0 Å². The van der Waals surface area contributed by atoms with E-state index in [-0.39, 0.29) is 17.4 Å². The molecular weight excluding hydrogens is 400 g/mol. The molecule has 2 aromatic heterocycles. The molecule has 1 atom stereocenters. The smallest absolute Gasteiger partial charge is 0.274 e. The van der Waals surface area contributed by atoms with Crippen LogP contribution in [-0.4, -0.2) is 38.3 Å². The van der Waals surface area contributed by atoms with E-state index in [2.05, 4.69) is 17.2 Å². The number of carbonyl (C=O) groups excluding carboxylic acids is 2. The summed E-state index contributed by atoms with van der Waals surface area (Å²) >= 11 is 1.60. The number of rotatable bonds is 5. The van der Waals surface area contributed by atoms with Crippen LogP contribution in [0.15, 0.2) is 29.1 Å². The van der Waals surface area contributed by atoms with Crippen LogP contribution in [0.3, 0.4) is 0 Å². The molecule has 0 saturated carbocycles. The Morgan fingerprint density at radius 1 is 1.07 bits per heavy atom. The van der Waals surface area contributed by atoms with Crippen molar-refractivity contribution in [1.82, 2.24) is 19.9 Å². The Bertz CT molecular complexity index is 1190. The zero-order valence-electron chi connectivity index (χ0n) is 16.8. The summed E-state index contributed by atoms with van der Waals surface area (Å²) < 4.78 is 1.43. The molecule has 0 N–H and O–H groups in total. The van der Waals surface area contributed by atoms with Gasteiger partial charge in [0.25, 0.3) is 17.4 Å². The van der Waals surface area contributed by atoms with Crippen molar-refractivity contribution in [3.63, 3.8) is 0 Å². The minimum absolute atomic E-state index is 0.0761. The number of hydrogen-bond acceptors (Lipinski definition) is 6. The van der Waals surface area contributed by atoms with Gasteiger partial charge in [0.15, 0.2) is 4.83 Å². The molecule has 1 aliphatic heterocycles. The van der Waals surface area contributed by atoms with E-state index in [4.69, 9.17) is 0 Å². The molecule has 0 radical (unpaired) electrons. The maximum atomic E-state index is 13.0. The topological polar surface area (TPSA) is 85.2 Å². The first kappa shape index (κ1) is 19.1. The van der Waals surface area contributed by atoms with Crippen LogP contribution in [0, 0.1) is 5.92 Å². The van der Waals surface area contributed by atoms with Crippen LogP contribution in [0.5, 0.6) is 0 Å². The molecule has 2 aliphatic rings. The van der Waals surface area contributed by atoms with Crippen LogP contribution in [0.25, 0.3) is 10.2 Å². The largest absolute Gasteiger partial charge is 0.278 e. The molecule has 7 nitrogen and oxygen atoms in total. The van der Waals surface area contributed by atoms with Crippen molar-refractivity contribution in [1.29, 1.82) is 0 Å². The number of carbonyl (C=O) groups is 2. The molecule has 3 heterocycles. The van der Waals surface area contributed by atoms with Gasteiger partial charge in [-0.05, 0) is 55.7 Å². The van der Waals surface area contributed by atoms with Gasteiger partial charge in [0, 0.05) is 18.0 Å². The Kier molecular flexibility index (Phi) is 4.73. The Hall–Kier alpha value is -2.87. The number of unbranched alkanes of at least 4 members (excludes halogenated alkanes) is 1. The highest BCUT2D eigenvalue weighted by molar-refractivity contribution is 7.18. The SMILES string of the molecule is CC1CCc2c(sc3nnn(CCCCN4C(=O)c5ccccc5C4=O)c(=O)c23)C1. The van der Waals surface area contributed by atoms with E-state index in [1.807, 2.05) is 0 Å². The molecule has 154 valence electrons. The number of amides is 2. The molecule has 0 spiro atoms. The fourth-order valence-electron chi connectivity index (χ4n) is 4.41. The van der Waals surface area contributed by atoms with Crippen molar-refractivity contribution < 1.29 is 9.59 Å². The van der Waals surface area contributed by atoms with E-state index in [1.165, 1.54) is 14.5 Å². The van der Waals surface area contributed by atoms with Crippen molar-refractivity contribution in [2.75, 3.05) is 6.54 Å². The lowest BCUT2D eigenvalue weighted by atomic mass is 9.89. The molecule has 30 heavy (non-hydrogen) atoms. The standard InChI is InChI=1S/C22H22N4O3S/c1-13-8-9-16-17(12-13)30-19-18(16)22(29)26(24-23-19)11-5-4-10-25-20(27)14-6-2-3-7-15(14)21(25)28/h2-3,6-7,13H,4-5,8-12H2,1H3. The summed E-state index contributed by atoms with van der Waals surface area (Å²) in [4.78, 5) is 41.2. The Labute approximate surface area is 177 Å². The normalized spacial score (nSPS) is 18.2. The molecule has 0 bridgehead atoms. The minimum atomic E-state index is -0.242. The van der Waals surface area contributed by atoms with Gasteiger partial charge in [-0.3, -0.25) is 19.3 Å². The number of imide groups is 1. The maximum absolute atomic E-state index is 13.0. The maximum Gasteiger partial charge on any atom is 0.278 e. The van der Waals surface area contributed by atoms with Crippen molar-refractivity contribution in [2.45, 2.75) is 45.6 Å². The van der Waals surface area contributed by atoms with Gasteiger partial charge in [-0.1, -0.05) is 24.3 Å². The first-order valence-electron chi connectivity index (χ1n) is 10.4.